The summed E-state index contributed by atoms with van der Waals surface area (Å²) >= 11 is 7.97. The van der Waals surface area contributed by atoms with Gasteiger partial charge in [-0.15, -0.1) is 11.3 Å². The van der Waals surface area contributed by atoms with Crippen molar-refractivity contribution in [2.24, 2.45) is 0 Å². The summed E-state index contributed by atoms with van der Waals surface area (Å²) in [5.41, 5.74) is 0.766. The lowest BCUT2D eigenvalue weighted by Gasteiger charge is -2.20. The molecule has 2 rings (SSSR count). The maximum Gasteiger partial charge on any atom is 0.246 e. The number of thiophene rings is 1. The van der Waals surface area contributed by atoms with Crippen LogP contribution in [0.3, 0.4) is 0 Å². The fourth-order valence-electron chi connectivity index (χ4n) is 2.51. The largest absolute Gasteiger partial charge is 0.493 e. The van der Waals surface area contributed by atoms with E-state index >= 15 is 0 Å². The van der Waals surface area contributed by atoms with E-state index in [1.165, 1.54) is 0 Å². The van der Waals surface area contributed by atoms with Gasteiger partial charge in [-0.2, -0.15) is 0 Å². The van der Waals surface area contributed by atoms with E-state index in [1.54, 1.807) is 54.7 Å². The van der Waals surface area contributed by atoms with Crippen molar-refractivity contribution >= 4 is 34.9 Å². The molecule has 0 saturated carbocycles. The van der Waals surface area contributed by atoms with Crippen molar-refractivity contribution in [1.29, 1.82) is 0 Å². The maximum absolute atomic E-state index is 12.7. The van der Waals surface area contributed by atoms with Crippen LogP contribution in [0, 0.1) is 0 Å². The average molecular weight is 424 g/mol. The van der Waals surface area contributed by atoms with Crippen LogP contribution in [0.5, 0.6) is 11.5 Å². The molecule has 0 aliphatic carbocycles. The minimum atomic E-state index is -0.0909. The smallest absolute Gasteiger partial charge is 0.246 e. The predicted octanol–water partition coefficient (Wildman–Crippen LogP) is 4.89. The molecule has 0 aliphatic heterocycles. The Morgan fingerprint density at radius 1 is 1.29 bits per heavy atom. The number of hydrogen-bond acceptors (Lipinski definition) is 5. The van der Waals surface area contributed by atoms with Crippen LogP contribution in [0.2, 0.25) is 5.02 Å². The molecule has 0 unspecified atom stereocenters. The Kier molecular flexibility index (Phi) is 9.34. The normalized spacial score (nSPS) is 11.0. The van der Waals surface area contributed by atoms with Crippen LogP contribution >= 0.6 is 22.9 Å². The van der Waals surface area contributed by atoms with Crippen LogP contribution in [0.25, 0.3) is 6.08 Å². The van der Waals surface area contributed by atoms with Crippen molar-refractivity contribution in [3.63, 3.8) is 0 Å². The molecule has 1 aromatic carbocycles. The van der Waals surface area contributed by atoms with Crippen LogP contribution in [-0.2, 0) is 16.1 Å². The summed E-state index contributed by atoms with van der Waals surface area (Å²) in [6.45, 7) is 4.13. The number of ether oxygens (including phenoxy) is 3. The number of carbonyl (C=O) groups excluding carboxylic acids is 1. The SMILES string of the molecule is CCCOc1c(Cl)cc(/C=C/C(=O)N(CCOC)Cc2cccs2)cc1OC. The number of hydrogen-bond donors (Lipinski definition) is 0. The highest BCUT2D eigenvalue weighted by Gasteiger charge is 2.13. The number of benzene rings is 1. The lowest BCUT2D eigenvalue weighted by molar-refractivity contribution is -0.127. The van der Waals surface area contributed by atoms with Gasteiger partial charge >= 0.3 is 0 Å². The summed E-state index contributed by atoms with van der Waals surface area (Å²) in [7, 11) is 3.19. The molecule has 0 atom stereocenters. The molecule has 2 aromatic rings. The highest BCUT2D eigenvalue weighted by atomic mass is 35.5. The fraction of sp³-hybridized carbons (Fsp3) is 0.381. The monoisotopic (exact) mass is 423 g/mol. The minimum absolute atomic E-state index is 0.0909. The quantitative estimate of drug-likeness (QED) is 0.483. The van der Waals surface area contributed by atoms with E-state index in [0.29, 0.717) is 42.8 Å². The molecule has 1 aromatic heterocycles. The van der Waals surface area contributed by atoms with Crippen LogP contribution in [0.1, 0.15) is 23.8 Å². The van der Waals surface area contributed by atoms with Gasteiger partial charge in [-0.25, -0.2) is 0 Å². The van der Waals surface area contributed by atoms with E-state index in [0.717, 1.165) is 16.9 Å². The molecule has 152 valence electrons. The van der Waals surface area contributed by atoms with E-state index in [2.05, 4.69) is 0 Å². The lowest BCUT2D eigenvalue weighted by Crippen LogP contribution is -2.31. The summed E-state index contributed by atoms with van der Waals surface area (Å²) in [5, 5.41) is 2.45. The van der Waals surface area contributed by atoms with Gasteiger partial charge in [-0.1, -0.05) is 24.6 Å². The van der Waals surface area contributed by atoms with Gasteiger partial charge in [0, 0.05) is 24.6 Å². The zero-order valence-corrected chi connectivity index (χ0v) is 18.0. The first-order chi connectivity index (χ1) is 13.6. The number of halogens is 1. The third-order valence-corrected chi connectivity index (χ3v) is 5.07. The van der Waals surface area contributed by atoms with Crippen LogP contribution in [-0.4, -0.2) is 44.8 Å². The summed E-state index contributed by atoms with van der Waals surface area (Å²) < 4.78 is 16.2. The lowest BCUT2D eigenvalue weighted by atomic mass is 10.1. The van der Waals surface area contributed by atoms with Crippen molar-refractivity contribution in [1.82, 2.24) is 4.90 Å². The van der Waals surface area contributed by atoms with Crippen molar-refractivity contribution in [2.45, 2.75) is 19.9 Å². The summed E-state index contributed by atoms with van der Waals surface area (Å²) in [5.74, 6) is 0.976. The Labute approximate surface area is 175 Å². The van der Waals surface area contributed by atoms with Gasteiger partial charge in [-0.05, 0) is 41.6 Å². The average Bonchev–Trinajstić information content (AvgIpc) is 3.21. The summed E-state index contributed by atoms with van der Waals surface area (Å²) in [4.78, 5) is 15.6. The Hall–Kier alpha value is -2.02. The molecular formula is C21H26ClNO4S. The van der Waals surface area contributed by atoms with Crippen molar-refractivity contribution < 1.29 is 19.0 Å². The van der Waals surface area contributed by atoms with E-state index in [-0.39, 0.29) is 5.91 Å². The van der Waals surface area contributed by atoms with E-state index in [4.69, 9.17) is 25.8 Å². The van der Waals surface area contributed by atoms with Gasteiger partial charge in [0.2, 0.25) is 5.91 Å². The zero-order chi connectivity index (χ0) is 20.4. The Morgan fingerprint density at radius 3 is 2.75 bits per heavy atom. The van der Waals surface area contributed by atoms with Crippen molar-refractivity contribution in [3.8, 4) is 11.5 Å². The first-order valence-corrected chi connectivity index (χ1v) is 10.3. The van der Waals surface area contributed by atoms with Crippen molar-refractivity contribution in [2.75, 3.05) is 34.0 Å². The molecule has 0 bridgehead atoms. The minimum Gasteiger partial charge on any atom is -0.493 e. The molecule has 0 radical (unpaired) electrons. The predicted molar refractivity (Wildman–Crippen MR) is 114 cm³/mol. The molecule has 0 saturated heterocycles. The summed E-state index contributed by atoms with van der Waals surface area (Å²) in [6, 6.07) is 7.56. The van der Waals surface area contributed by atoms with E-state index in [9.17, 15) is 4.79 Å². The van der Waals surface area contributed by atoms with E-state index < -0.39 is 0 Å². The molecule has 0 fully saturated rings. The van der Waals surface area contributed by atoms with Gasteiger partial charge in [0.05, 0.1) is 31.9 Å². The molecule has 28 heavy (non-hydrogen) atoms. The Bertz CT molecular complexity index is 777. The number of nitrogens with zero attached hydrogens (tertiary/aromatic N) is 1. The second-order valence-electron chi connectivity index (χ2n) is 6.05. The van der Waals surface area contributed by atoms with Crippen LogP contribution in [0.15, 0.2) is 35.7 Å². The number of carbonyl (C=O) groups is 1. The molecule has 7 heteroatoms. The fourth-order valence-corrected chi connectivity index (χ4v) is 3.51. The van der Waals surface area contributed by atoms with Crippen LogP contribution < -0.4 is 9.47 Å². The topological polar surface area (TPSA) is 48.0 Å². The Morgan fingerprint density at radius 2 is 2.11 bits per heavy atom. The zero-order valence-electron chi connectivity index (χ0n) is 16.4. The highest BCUT2D eigenvalue weighted by molar-refractivity contribution is 7.09. The molecule has 5 nitrogen and oxygen atoms in total. The number of methoxy groups -OCH3 is 2. The van der Waals surface area contributed by atoms with Gasteiger partial charge in [0.25, 0.3) is 0 Å². The third kappa shape index (κ3) is 6.55. The van der Waals surface area contributed by atoms with Gasteiger partial charge in [0.15, 0.2) is 11.5 Å². The number of amides is 1. The maximum atomic E-state index is 12.7. The Balaban J connectivity index is 2.14. The molecular weight excluding hydrogens is 398 g/mol. The standard InChI is InChI=1S/C21H26ClNO4S/c1-4-10-27-21-18(22)13-16(14-19(21)26-3)7-8-20(24)23(9-11-25-2)15-17-6-5-12-28-17/h5-8,12-14H,4,9-11,15H2,1-3H3/b8-7+. The van der Waals surface area contributed by atoms with Crippen LogP contribution in [0.4, 0.5) is 0 Å². The summed E-state index contributed by atoms with van der Waals surface area (Å²) in [6.07, 6.45) is 4.15. The van der Waals surface area contributed by atoms with Gasteiger partial charge in [0.1, 0.15) is 0 Å². The van der Waals surface area contributed by atoms with Gasteiger partial charge < -0.3 is 19.1 Å². The third-order valence-electron chi connectivity index (χ3n) is 3.92. The first kappa shape index (κ1) is 22.3. The number of rotatable bonds is 11. The second-order valence-corrected chi connectivity index (χ2v) is 7.49. The van der Waals surface area contributed by atoms with E-state index in [1.807, 2.05) is 24.4 Å². The molecule has 1 amide bonds. The second kappa shape index (κ2) is 11.7. The first-order valence-electron chi connectivity index (χ1n) is 9.07. The van der Waals surface area contributed by atoms with Gasteiger partial charge in [-0.3, -0.25) is 4.79 Å². The molecule has 0 spiro atoms. The highest BCUT2D eigenvalue weighted by Crippen LogP contribution is 2.36. The molecule has 1 heterocycles. The molecule has 0 N–H and O–H groups in total. The van der Waals surface area contributed by atoms with Crippen molar-refractivity contribution in [3.05, 3.63) is 51.2 Å². The molecule has 0 aliphatic rings.